The van der Waals surface area contributed by atoms with Crippen LogP contribution in [0.2, 0.25) is 0 Å². The van der Waals surface area contributed by atoms with E-state index in [1.165, 1.54) is 31.3 Å². The van der Waals surface area contributed by atoms with Gasteiger partial charge < -0.3 is 15.3 Å². The fourth-order valence-corrected chi connectivity index (χ4v) is 1.80. The van der Waals surface area contributed by atoms with Crippen molar-refractivity contribution in [3.8, 4) is 0 Å². The Hall–Kier alpha value is -2.11. The zero-order valence-electron chi connectivity index (χ0n) is 10.8. The van der Waals surface area contributed by atoms with Gasteiger partial charge in [-0.2, -0.15) is 0 Å². The van der Waals surface area contributed by atoms with Gasteiger partial charge in [0.2, 0.25) is 0 Å². The highest BCUT2D eigenvalue weighted by atomic mass is 16.4. The molecule has 2 amide bonds. The van der Waals surface area contributed by atoms with E-state index in [9.17, 15) is 9.59 Å². The molecule has 0 aromatic carbocycles. The predicted octanol–water partition coefficient (Wildman–Crippen LogP) is 2.04. The molecule has 0 atom stereocenters. The van der Waals surface area contributed by atoms with E-state index in [1.807, 2.05) is 6.92 Å². The van der Waals surface area contributed by atoms with E-state index in [0.29, 0.717) is 18.2 Å². The fraction of sp³-hybridized carbons (Fsp3) is 0.462. The number of nitrogens with zero attached hydrogens (tertiary/aromatic N) is 2. The second kappa shape index (κ2) is 5.69. The molecule has 0 spiro atoms. The van der Waals surface area contributed by atoms with Crippen molar-refractivity contribution >= 4 is 17.7 Å². The molecule has 1 fully saturated rings. The monoisotopic (exact) mass is 263 g/mol. The van der Waals surface area contributed by atoms with Gasteiger partial charge in [-0.05, 0) is 31.7 Å². The van der Waals surface area contributed by atoms with Crippen molar-refractivity contribution in [1.82, 2.24) is 9.88 Å². The quantitative estimate of drug-likeness (QED) is 0.851. The lowest BCUT2D eigenvalue weighted by atomic mass is 10.2. The van der Waals surface area contributed by atoms with E-state index in [0.717, 1.165) is 6.54 Å². The number of carboxylic acids is 1. The van der Waals surface area contributed by atoms with Gasteiger partial charge in [0.05, 0.1) is 17.4 Å². The molecule has 0 aliphatic heterocycles. The van der Waals surface area contributed by atoms with Gasteiger partial charge in [-0.25, -0.2) is 9.59 Å². The van der Waals surface area contributed by atoms with Gasteiger partial charge in [0.1, 0.15) is 0 Å². The first-order chi connectivity index (χ1) is 9.10. The summed E-state index contributed by atoms with van der Waals surface area (Å²) in [6, 6.07) is 1.19. The standard InChI is InChI=1S/C13H17N3O3/c1-2-16(8-9-3-4-9)13(19)15-11-5-10(12(17)18)6-14-7-11/h5-7,9H,2-4,8H2,1H3,(H,15,19)(H,17,18). The molecule has 102 valence electrons. The number of hydrogen-bond acceptors (Lipinski definition) is 3. The second-order valence-corrected chi connectivity index (χ2v) is 4.68. The molecule has 6 nitrogen and oxygen atoms in total. The molecule has 1 aliphatic rings. The van der Waals surface area contributed by atoms with Crippen LogP contribution in [0.25, 0.3) is 0 Å². The minimum absolute atomic E-state index is 0.0584. The minimum atomic E-state index is -1.06. The number of carboxylic acid groups (broad SMARTS) is 1. The van der Waals surface area contributed by atoms with Crippen LogP contribution in [-0.4, -0.2) is 40.1 Å². The van der Waals surface area contributed by atoms with Crippen LogP contribution in [0.4, 0.5) is 10.5 Å². The Kier molecular flexibility index (Phi) is 3.99. The summed E-state index contributed by atoms with van der Waals surface area (Å²) in [6.45, 7) is 3.32. The molecule has 1 aromatic heterocycles. The first-order valence-corrected chi connectivity index (χ1v) is 6.34. The maximum atomic E-state index is 12.0. The average Bonchev–Trinajstić information content (AvgIpc) is 3.20. The number of anilines is 1. The fourth-order valence-electron chi connectivity index (χ4n) is 1.80. The summed E-state index contributed by atoms with van der Waals surface area (Å²) < 4.78 is 0. The zero-order valence-corrected chi connectivity index (χ0v) is 10.8. The van der Waals surface area contributed by atoms with Gasteiger partial charge >= 0.3 is 12.0 Å². The van der Waals surface area contributed by atoms with Crippen molar-refractivity contribution in [2.24, 2.45) is 5.92 Å². The smallest absolute Gasteiger partial charge is 0.337 e. The van der Waals surface area contributed by atoms with Crippen molar-refractivity contribution in [1.29, 1.82) is 0 Å². The lowest BCUT2D eigenvalue weighted by Gasteiger charge is -2.21. The average molecular weight is 263 g/mol. The SMILES string of the molecule is CCN(CC1CC1)C(=O)Nc1cncc(C(=O)O)c1. The molecule has 1 saturated carbocycles. The Balaban J connectivity index is 2.00. The van der Waals surface area contributed by atoms with E-state index < -0.39 is 5.97 Å². The van der Waals surface area contributed by atoms with Crippen LogP contribution in [0, 0.1) is 5.92 Å². The molecule has 0 saturated heterocycles. The van der Waals surface area contributed by atoms with Crippen molar-refractivity contribution in [2.75, 3.05) is 18.4 Å². The second-order valence-electron chi connectivity index (χ2n) is 4.68. The molecular weight excluding hydrogens is 246 g/mol. The highest BCUT2D eigenvalue weighted by Gasteiger charge is 2.26. The molecule has 2 N–H and O–H groups in total. The minimum Gasteiger partial charge on any atom is -0.478 e. The third-order valence-electron chi connectivity index (χ3n) is 3.08. The maximum Gasteiger partial charge on any atom is 0.337 e. The number of carbonyl (C=O) groups is 2. The van der Waals surface area contributed by atoms with E-state index in [2.05, 4.69) is 10.3 Å². The largest absolute Gasteiger partial charge is 0.478 e. The van der Waals surface area contributed by atoms with Gasteiger partial charge in [0, 0.05) is 19.3 Å². The third-order valence-corrected chi connectivity index (χ3v) is 3.08. The first-order valence-electron chi connectivity index (χ1n) is 6.34. The summed E-state index contributed by atoms with van der Waals surface area (Å²) in [5, 5.41) is 11.5. The van der Waals surface area contributed by atoms with E-state index in [1.54, 1.807) is 4.90 Å². The molecular formula is C13H17N3O3. The molecule has 2 rings (SSSR count). The van der Waals surface area contributed by atoms with Gasteiger partial charge in [-0.3, -0.25) is 4.98 Å². The molecule has 19 heavy (non-hydrogen) atoms. The van der Waals surface area contributed by atoms with Crippen molar-refractivity contribution in [3.05, 3.63) is 24.0 Å². The number of hydrogen-bond donors (Lipinski definition) is 2. The van der Waals surface area contributed by atoms with E-state index in [4.69, 9.17) is 5.11 Å². The lowest BCUT2D eigenvalue weighted by molar-refractivity contribution is 0.0696. The van der Waals surface area contributed by atoms with Crippen molar-refractivity contribution in [2.45, 2.75) is 19.8 Å². The van der Waals surface area contributed by atoms with Crippen molar-refractivity contribution in [3.63, 3.8) is 0 Å². The van der Waals surface area contributed by atoms with Crippen LogP contribution in [0.3, 0.4) is 0 Å². The summed E-state index contributed by atoms with van der Waals surface area (Å²) in [5.41, 5.74) is 0.460. The number of rotatable bonds is 5. The number of aromatic nitrogens is 1. The molecule has 0 bridgehead atoms. The van der Waals surface area contributed by atoms with Gasteiger partial charge in [0.15, 0.2) is 0 Å². The molecule has 0 radical (unpaired) electrons. The number of carbonyl (C=O) groups excluding carboxylic acids is 1. The van der Waals surface area contributed by atoms with Gasteiger partial charge in [-0.1, -0.05) is 0 Å². The first kappa shape index (κ1) is 13.3. The molecule has 1 heterocycles. The number of amides is 2. The van der Waals surface area contributed by atoms with Gasteiger partial charge in [-0.15, -0.1) is 0 Å². The third kappa shape index (κ3) is 3.67. The highest BCUT2D eigenvalue weighted by Crippen LogP contribution is 2.29. The maximum absolute atomic E-state index is 12.0. The molecule has 1 aromatic rings. The van der Waals surface area contributed by atoms with Crippen LogP contribution in [0.1, 0.15) is 30.1 Å². The number of aromatic carboxylic acids is 1. The normalized spacial score (nSPS) is 13.9. The van der Waals surface area contributed by atoms with Gasteiger partial charge in [0.25, 0.3) is 0 Å². The van der Waals surface area contributed by atoms with E-state index >= 15 is 0 Å². The van der Waals surface area contributed by atoms with Crippen LogP contribution in [-0.2, 0) is 0 Å². The summed E-state index contributed by atoms with van der Waals surface area (Å²) in [7, 11) is 0. The Morgan fingerprint density at radius 3 is 2.79 bits per heavy atom. The Labute approximate surface area is 111 Å². The van der Waals surface area contributed by atoms with Crippen molar-refractivity contribution < 1.29 is 14.7 Å². The van der Waals surface area contributed by atoms with Crippen LogP contribution in [0.5, 0.6) is 0 Å². The number of nitrogens with one attached hydrogen (secondary N) is 1. The molecule has 1 aliphatic carbocycles. The Morgan fingerprint density at radius 2 is 2.21 bits per heavy atom. The number of urea groups is 1. The summed E-state index contributed by atoms with van der Waals surface area (Å²) in [5.74, 6) is -0.442. The summed E-state index contributed by atoms with van der Waals surface area (Å²) >= 11 is 0. The summed E-state index contributed by atoms with van der Waals surface area (Å²) in [4.78, 5) is 28.4. The Bertz CT molecular complexity index is 486. The topological polar surface area (TPSA) is 82.5 Å². The predicted molar refractivity (Wildman–Crippen MR) is 70.2 cm³/mol. The zero-order chi connectivity index (χ0) is 13.8. The summed E-state index contributed by atoms with van der Waals surface area (Å²) in [6.07, 6.45) is 5.05. The highest BCUT2D eigenvalue weighted by molar-refractivity contribution is 5.92. The Morgan fingerprint density at radius 1 is 1.47 bits per heavy atom. The van der Waals surface area contributed by atoms with Crippen LogP contribution >= 0.6 is 0 Å². The molecule has 0 unspecified atom stereocenters. The number of pyridine rings is 1. The lowest BCUT2D eigenvalue weighted by Crippen LogP contribution is -2.36. The van der Waals surface area contributed by atoms with Crippen LogP contribution < -0.4 is 5.32 Å². The van der Waals surface area contributed by atoms with Crippen LogP contribution in [0.15, 0.2) is 18.5 Å². The van der Waals surface area contributed by atoms with E-state index in [-0.39, 0.29) is 11.6 Å². The molecule has 6 heteroatoms.